The molecule has 1 fully saturated rings. The smallest absolute Gasteiger partial charge is 0.410 e. The third-order valence-electron chi connectivity index (χ3n) is 3.75. The molecule has 3 heterocycles. The lowest BCUT2D eigenvalue weighted by atomic mass is 10.1. The van der Waals surface area contributed by atoms with Crippen molar-refractivity contribution in [2.75, 3.05) is 18.4 Å². The van der Waals surface area contributed by atoms with E-state index in [1.807, 2.05) is 33.0 Å². The van der Waals surface area contributed by atoms with Gasteiger partial charge in [-0.3, -0.25) is 0 Å². The van der Waals surface area contributed by atoms with Gasteiger partial charge in [0.15, 0.2) is 5.65 Å². The van der Waals surface area contributed by atoms with Crippen LogP contribution in [-0.2, 0) is 4.74 Å². The van der Waals surface area contributed by atoms with E-state index in [4.69, 9.17) is 4.74 Å². The second-order valence-corrected chi connectivity index (χ2v) is 7.84. The Labute approximate surface area is 149 Å². The van der Waals surface area contributed by atoms with Crippen molar-refractivity contribution in [2.45, 2.75) is 45.3 Å². The molecule has 3 rings (SSSR count). The van der Waals surface area contributed by atoms with Crippen LogP contribution in [0.15, 0.2) is 22.9 Å². The molecule has 0 spiro atoms. The van der Waals surface area contributed by atoms with Crippen LogP contribution < -0.4 is 5.32 Å². The van der Waals surface area contributed by atoms with E-state index in [1.54, 1.807) is 15.6 Å². The Hall–Kier alpha value is -1.83. The number of anilines is 1. The van der Waals surface area contributed by atoms with Crippen LogP contribution in [0.3, 0.4) is 0 Å². The standard InChI is InChI=1S/C16H22BrN5O2/c1-16(2,3)24-15(23)21-7-4-5-11(10-21)19-13-6-8-22-14(20-13)12(17)9-18-22/h6,8-9,11H,4-5,7,10H2,1-3H3,(H,19,20). The van der Waals surface area contributed by atoms with Crippen molar-refractivity contribution in [3.63, 3.8) is 0 Å². The number of fused-ring (bicyclic) bond motifs is 1. The molecule has 0 bridgehead atoms. The van der Waals surface area contributed by atoms with Crippen molar-refractivity contribution in [3.8, 4) is 0 Å². The average molecular weight is 396 g/mol. The Bertz CT molecular complexity index is 740. The molecular formula is C16H22BrN5O2. The Morgan fingerprint density at radius 3 is 3.00 bits per heavy atom. The van der Waals surface area contributed by atoms with E-state index in [-0.39, 0.29) is 12.1 Å². The SMILES string of the molecule is CC(C)(C)OC(=O)N1CCCC(Nc2ccn3ncc(Br)c3n2)C1. The molecule has 24 heavy (non-hydrogen) atoms. The minimum atomic E-state index is -0.474. The molecule has 1 aliphatic rings. The normalized spacial score (nSPS) is 18.7. The van der Waals surface area contributed by atoms with Gasteiger partial charge in [-0.05, 0) is 55.6 Å². The van der Waals surface area contributed by atoms with Crippen molar-refractivity contribution in [1.29, 1.82) is 0 Å². The zero-order valence-corrected chi connectivity index (χ0v) is 15.7. The summed E-state index contributed by atoms with van der Waals surface area (Å²) >= 11 is 3.44. The summed E-state index contributed by atoms with van der Waals surface area (Å²) in [5, 5.41) is 7.60. The van der Waals surface area contributed by atoms with E-state index < -0.39 is 5.60 Å². The molecule has 1 N–H and O–H groups in total. The van der Waals surface area contributed by atoms with Gasteiger partial charge in [-0.2, -0.15) is 5.10 Å². The number of piperidine rings is 1. The number of nitrogens with zero attached hydrogens (tertiary/aromatic N) is 4. The zero-order valence-electron chi connectivity index (χ0n) is 14.1. The molecule has 1 aliphatic heterocycles. The van der Waals surface area contributed by atoms with Gasteiger partial charge in [-0.1, -0.05) is 0 Å². The van der Waals surface area contributed by atoms with Crippen molar-refractivity contribution < 1.29 is 9.53 Å². The number of likely N-dealkylation sites (tertiary alicyclic amines) is 1. The average Bonchev–Trinajstić information content (AvgIpc) is 2.87. The number of rotatable bonds is 2. The number of aromatic nitrogens is 3. The maximum atomic E-state index is 12.2. The fourth-order valence-electron chi connectivity index (χ4n) is 2.72. The Morgan fingerprint density at radius 2 is 2.25 bits per heavy atom. The number of carbonyl (C=O) groups excluding carboxylic acids is 1. The molecule has 130 valence electrons. The van der Waals surface area contributed by atoms with Gasteiger partial charge in [0.25, 0.3) is 0 Å². The Balaban J connectivity index is 1.66. The molecule has 1 unspecified atom stereocenters. The van der Waals surface area contributed by atoms with Gasteiger partial charge in [0, 0.05) is 25.3 Å². The zero-order chi connectivity index (χ0) is 17.3. The number of amides is 1. The number of carbonyl (C=O) groups is 1. The van der Waals surface area contributed by atoms with Gasteiger partial charge < -0.3 is 15.0 Å². The van der Waals surface area contributed by atoms with Crippen LogP contribution in [0.25, 0.3) is 5.65 Å². The van der Waals surface area contributed by atoms with Crippen LogP contribution in [-0.4, -0.2) is 50.3 Å². The first-order valence-electron chi connectivity index (χ1n) is 8.06. The van der Waals surface area contributed by atoms with Crippen molar-refractivity contribution in [2.24, 2.45) is 0 Å². The molecule has 1 saturated heterocycles. The summed E-state index contributed by atoms with van der Waals surface area (Å²) in [5.41, 5.74) is 0.290. The molecule has 2 aromatic heterocycles. The van der Waals surface area contributed by atoms with Gasteiger partial charge in [0.05, 0.1) is 10.7 Å². The van der Waals surface area contributed by atoms with Crippen LogP contribution in [0.4, 0.5) is 10.6 Å². The van der Waals surface area contributed by atoms with E-state index in [2.05, 4.69) is 31.3 Å². The van der Waals surface area contributed by atoms with E-state index in [1.165, 1.54) is 0 Å². The first-order chi connectivity index (χ1) is 11.3. The molecule has 1 atom stereocenters. The van der Waals surface area contributed by atoms with Gasteiger partial charge in [0.2, 0.25) is 0 Å². The Kier molecular flexibility index (Phi) is 4.67. The van der Waals surface area contributed by atoms with E-state index in [9.17, 15) is 4.79 Å². The Morgan fingerprint density at radius 1 is 1.46 bits per heavy atom. The molecule has 2 aromatic rings. The van der Waals surface area contributed by atoms with E-state index in [0.717, 1.165) is 35.3 Å². The minimum Gasteiger partial charge on any atom is -0.444 e. The molecule has 0 aliphatic carbocycles. The molecule has 8 heteroatoms. The maximum Gasteiger partial charge on any atom is 0.410 e. The van der Waals surface area contributed by atoms with Crippen LogP contribution in [0.1, 0.15) is 33.6 Å². The summed E-state index contributed by atoms with van der Waals surface area (Å²) in [6, 6.07) is 2.04. The van der Waals surface area contributed by atoms with Gasteiger partial charge in [-0.25, -0.2) is 14.3 Å². The molecule has 7 nitrogen and oxygen atoms in total. The lowest BCUT2D eigenvalue weighted by molar-refractivity contribution is 0.0206. The maximum absolute atomic E-state index is 12.2. The van der Waals surface area contributed by atoms with Crippen molar-refractivity contribution in [1.82, 2.24) is 19.5 Å². The second-order valence-electron chi connectivity index (χ2n) is 6.98. The quantitative estimate of drug-likeness (QED) is 0.844. The number of ether oxygens (including phenoxy) is 1. The van der Waals surface area contributed by atoms with Crippen LogP contribution >= 0.6 is 15.9 Å². The van der Waals surface area contributed by atoms with Crippen LogP contribution in [0.2, 0.25) is 0 Å². The van der Waals surface area contributed by atoms with Crippen LogP contribution in [0.5, 0.6) is 0 Å². The highest BCUT2D eigenvalue weighted by atomic mass is 79.9. The van der Waals surface area contributed by atoms with Crippen LogP contribution in [0, 0.1) is 0 Å². The first kappa shape index (κ1) is 17.0. The van der Waals surface area contributed by atoms with Gasteiger partial charge in [0.1, 0.15) is 11.4 Å². The first-order valence-corrected chi connectivity index (χ1v) is 8.85. The summed E-state index contributed by atoms with van der Waals surface area (Å²) in [5.74, 6) is 0.778. The third-order valence-corrected chi connectivity index (χ3v) is 4.31. The number of nitrogens with one attached hydrogen (secondary N) is 1. The number of hydrogen-bond donors (Lipinski definition) is 1. The predicted octanol–water partition coefficient (Wildman–Crippen LogP) is 3.30. The highest BCUT2D eigenvalue weighted by molar-refractivity contribution is 9.10. The molecule has 0 saturated carbocycles. The highest BCUT2D eigenvalue weighted by Gasteiger charge is 2.27. The number of hydrogen-bond acceptors (Lipinski definition) is 5. The van der Waals surface area contributed by atoms with Crippen molar-refractivity contribution in [3.05, 3.63) is 22.9 Å². The molecule has 1 amide bonds. The number of halogens is 1. The summed E-state index contributed by atoms with van der Waals surface area (Å²) in [6.45, 7) is 6.99. The monoisotopic (exact) mass is 395 g/mol. The fraction of sp³-hybridized carbons (Fsp3) is 0.562. The molecule has 0 radical (unpaired) electrons. The largest absolute Gasteiger partial charge is 0.444 e. The second kappa shape index (κ2) is 6.58. The summed E-state index contributed by atoms with van der Waals surface area (Å²) < 4.78 is 8.03. The lowest BCUT2D eigenvalue weighted by Gasteiger charge is -2.34. The summed E-state index contributed by atoms with van der Waals surface area (Å²) in [6.07, 6.45) is 5.26. The molecular weight excluding hydrogens is 374 g/mol. The third kappa shape index (κ3) is 3.98. The van der Waals surface area contributed by atoms with E-state index >= 15 is 0 Å². The summed E-state index contributed by atoms with van der Waals surface area (Å²) in [4.78, 5) is 18.6. The van der Waals surface area contributed by atoms with Gasteiger partial charge >= 0.3 is 6.09 Å². The van der Waals surface area contributed by atoms with E-state index in [0.29, 0.717) is 6.54 Å². The lowest BCUT2D eigenvalue weighted by Crippen LogP contribution is -2.47. The van der Waals surface area contributed by atoms with Crippen molar-refractivity contribution >= 4 is 33.5 Å². The minimum absolute atomic E-state index is 0.155. The highest BCUT2D eigenvalue weighted by Crippen LogP contribution is 2.20. The predicted molar refractivity (Wildman–Crippen MR) is 95.1 cm³/mol. The fourth-order valence-corrected chi connectivity index (χ4v) is 3.08. The topological polar surface area (TPSA) is 71.8 Å². The van der Waals surface area contributed by atoms with Gasteiger partial charge in [-0.15, -0.1) is 0 Å². The summed E-state index contributed by atoms with van der Waals surface area (Å²) in [7, 11) is 0. The molecule has 0 aromatic carbocycles.